The van der Waals surface area contributed by atoms with Crippen LogP contribution in [0.4, 0.5) is 0 Å². The Balaban J connectivity index is 1.61. The Bertz CT molecular complexity index is 464. The van der Waals surface area contributed by atoms with E-state index in [1.165, 1.54) is 6.33 Å². The van der Waals surface area contributed by atoms with Crippen molar-refractivity contribution in [2.24, 2.45) is 0 Å². The van der Waals surface area contributed by atoms with Crippen molar-refractivity contribution in [2.45, 2.75) is 37.5 Å². The minimum Gasteiger partial charge on any atom is -0.348 e. The fraction of sp³-hybridized carbons (Fsp3) is 0.643. The third-order valence-corrected chi connectivity index (χ3v) is 4.21. The Hall–Kier alpha value is -1.53. The number of hydrogen-bond acceptors (Lipinski definition) is 5. The Morgan fingerprint density at radius 1 is 1.25 bits per heavy atom. The quantitative estimate of drug-likeness (QED) is 0.813. The molecule has 2 fully saturated rings. The molecule has 1 saturated heterocycles. The van der Waals surface area contributed by atoms with Crippen molar-refractivity contribution in [1.82, 2.24) is 14.9 Å². The maximum atomic E-state index is 12.3. The summed E-state index contributed by atoms with van der Waals surface area (Å²) < 4.78 is 11.4. The summed E-state index contributed by atoms with van der Waals surface area (Å²) in [5, 5.41) is 0. The minimum atomic E-state index is -0.379. The van der Waals surface area contributed by atoms with Crippen molar-refractivity contribution in [3.05, 3.63) is 24.3 Å². The van der Waals surface area contributed by atoms with Crippen LogP contribution in [0.5, 0.6) is 0 Å². The number of nitrogens with zero attached hydrogens (tertiary/aromatic N) is 3. The van der Waals surface area contributed by atoms with Gasteiger partial charge in [-0.25, -0.2) is 9.97 Å². The molecular formula is C14H19N3O3. The van der Waals surface area contributed by atoms with E-state index in [1.54, 1.807) is 17.3 Å². The monoisotopic (exact) mass is 277 g/mol. The lowest BCUT2D eigenvalue weighted by Crippen LogP contribution is -2.44. The summed E-state index contributed by atoms with van der Waals surface area (Å²) in [6.45, 7) is 1.36. The van der Waals surface area contributed by atoms with Crippen molar-refractivity contribution in [3.8, 4) is 0 Å². The van der Waals surface area contributed by atoms with Crippen LogP contribution in [-0.2, 0) is 9.47 Å². The SMILES string of the molecule is CN(C(=O)c1cncnc1)C1CCC2(CC1)OCCO2. The van der Waals surface area contributed by atoms with E-state index in [0.717, 1.165) is 25.7 Å². The van der Waals surface area contributed by atoms with Gasteiger partial charge < -0.3 is 14.4 Å². The Labute approximate surface area is 118 Å². The van der Waals surface area contributed by atoms with E-state index in [1.807, 2.05) is 7.05 Å². The standard InChI is InChI=1S/C14H19N3O3/c1-17(13(18)11-8-15-10-16-9-11)12-2-4-14(5-3-12)19-6-7-20-14/h8-10,12H,2-7H2,1H3. The lowest BCUT2D eigenvalue weighted by atomic mass is 9.89. The van der Waals surface area contributed by atoms with Crippen LogP contribution < -0.4 is 0 Å². The van der Waals surface area contributed by atoms with Gasteiger partial charge in [0, 0.05) is 38.3 Å². The zero-order valence-corrected chi connectivity index (χ0v) is 11.6. The number of carbonyl (C=O) groups is 1. The molecule has 6 nitrogen and oxygen atoms in total. The topological polar surface area (TPSA) is 64.6 Å². The normalized spacial score (nSPS) is 22.1. The molecule has 1 spiro atoms. The van der Waals surface area contributed by atoms with Gasteiger partial charge in [0.1, 0.15) is 6.33 Å². The van der Waals surface area contributed by atoms with Crippen LogP contribution in [-0.4, -0.2) is 52.9 Å². The van der Waals surface area contributed by atoms with Crippen LogP contribution in [0.2, 0.25) is 0 Å². The average Bonchev–Trinajstić information content (AvgIpc) is 2.96. The van der Waals surface area contributed by atoms with Gasteiger partial charge >= 0.3 is 0 Å². The summed E-state index contributed by atoms with van der Waals surface area (Å²) in [5.74, 6) is -0.407. The number of rotatable bonds is 2. The molecule has 6 heteroatoms. The summed E-state index contributed by atoms with van der Waals surface area (Å²) >= 11 is 0. The van der Waals surface area contributed by atoms with Crippen LogP contribution in [0.3, 0.4) is 0 Å². The second kappa shape index (κ2) is 5.46. The molecule has 2 aliphatic rings. The lowest BCUT2D eigenvalue weighted by molar-refractivity contribution is -0.182. The average molecular weight is 277 g/mol. The molecule has 0 unspecified atom stereocenters. The molecule has 0 N–H and O–H groups in total. The van der Waals surface area contributed by atoms with E-state index < -0.39 is 0 Å². The zero-order chi connectivity index (χ0) is 14.0. The molecule has 1 aliphatic heterocycles. The minimum absolute atomic E-state index is 0.0280. The van der Waals surface area contributed by atoms with Gasteiger partial charge in [-0.3, -0.25) is 4.79 Å². The molecule has 0 radical (unpaired) electrons. The second-order valence-electron chi connectivity index (χ2n) is 5.38. The number of carbonyl (C=O) groups excluding carboxylic acids is 1. The molecule has 2 heterocycles. The van der Waals surface area contributed by atoms with E-state index in [9.17, 15) is 4.79 Å². The summed E-state index contributed by atoms with van der Waals surface area (Å²) in [7, 11) is 1.84. The molecule has 0 atom stereocenters. The third kappa shape index (κ3) is 2.53. The van der Waals surface area contributed by atoms with Gasteiger partial charge in [0.2, 0.25) is 0 Å². The maximum absolute atomic E-state index is 12.3. The van der Waals surface area contributed by atoms with Crippen molar-refractivity contribution >= 4 is 5.91 Å². The van der Waals surface area contributed by atoms with Crippen LogP contribution in [0.1, 0.15) is 36.0 Å². The van der Waals surface area contributed by atoms with Crippen LogP contribution in [0.25, 0.3) is 0 Å². The first kappa shape index (κ1) is 13.5. The fourth-order valence-electron chi connectivity index (χ4n) is 2.99. The summed E-state index contributed by atoms with van der Waals surface area (Å²) in [6, 6.07) is 0.223. The Kier molecular flexibility index (Phi) is 3.67. The summed E-state index contributed by atoms with van der Waals surface area (Å²) in [6.07, 6.45) is 8.03. The van der Waals surface area contributed by atoms with Gasteiger partial charge in [0.25, 0.3) is 5.91 Å². The molecule has 108 valence electrons. The first-order valence-electron chi connectivity index (χ1n) is 7.00. The molecule has 0 bridgehead atoms. The molecular weight excluding hydrogens is 258 g/mol. The summed E-state index contributed by atoms with van der Waals surface area (Å²) in [4.78, 5) is 21.9. The number of aromatic nitrogens is 2. The van der Waals surface area contributed by atoms with E-state index in [4.69, 9.17) is 9.47 Å². The molecule has 0 aromatic carbocycles. The molecule has 3 rings (SSSR count). The molecule has 1 saturated carbocycles. The zero-order valence-electron chi connectivity index (χ0n) is 11.6. The van der Waals surface area contributed by atoms with Gasteiger partial charge in [-0.1, -0.05) is 0 Å². The number of amides is 1. The molecule has 1 amide bonds. The largest absolute Gasteiger partial charge is 0.348 e. The highest BCUT2D eigenvalue weighted by Crippen LogP contribution is 2.37. The molecule has 1 aliphatic carbocycles. The second-order valence-corrected chi connectivity index (χ2v) is 5.38. The third-order valence-electron chi connectivity index (χ3n) is 4.21. The van der Waals surface area contributed by atoms with Crippen molar-refractivity contribution in [2.75, 3.05) is 20.3 Å². The van der Waals surface area contributed by atoms with Gasteiger partial charge in [0.15, 0.2) is 5.79 Å². The Morgan fingerprint density at radius 2 is 1.85 bits per heavy atom. The van der Waals surface area contributed by atoms with E-state index in [2.05, 4.69) is 9.97 Å². The van der Waals surface area contributed by atoms with Crippen molar-refractivity contribution < 1.29 is 14.3 Å². The van der Waals surface area contributed by atoms with Crippen LogP contribution in [0, 0.1) is 0 Å². The van der Waals surface area contributed by atoms with Crippen molar-refractivity contribution in [1.29, 1.82) is 0 Å². The van der Waals surface area contributed by atoms with Crippen LogP contribution >= 0.6 is 0 Å². The molecule has 1 aromatic heterocycles. The predicted octanol–water partition coefficient (Wildman–Crippen LogP) is 1.23. The van der Waals surface area contributed by atoms with Crippen molar-refractivity contribution in [3.63, 3.8) is 0 Å². The highest BCUT2D eigenvalue weighted by atomic mass is 16.7. The number of hydrogen-bond donors (Lipinski definition) is 0. The molecule has 1 aromatic rings. The summed E-state index contributed by atoms with van der Waals surface area (Å²) in [5.41, 5.74) is 0.531. The van der Waals surface area contributed by atoms with Gasteiger partial charge in [-0.2, -0.15) is 0 Å². The Morgan fingerprint density at radius 3 is 2.45 bits per heavy atom. The lowest BCUT2D eigenvalue weighted by Gasteiger charge is -2.39. The highest BCUT2D eigenvalue weighted by Gasteiger charge is 2.41. The predicted molar refractivity (Wildman–Crippen MR) is 71.0 cm³/mol. The molecule has 20 heavy (non-hydrogen) atoms. The first-order chi connectivity index (χ1) is 9.70. The van der Waals surface area contributed by atoms with Crippen LogP contribution in [0.15, 0.2) is 18.7 Å². The van der Waals surface area contributed by atoms with E-state index in [0.29, 0.717) is 18.8 Å². The van der Waals surface area contributed by atoms with E-state index >= 15 is 0 Å². The maximum Gasteiger partial charge on any atom is 0.256 e. The first-order valence-corrected chi connectivity index (χ1v) is 7.00. The van der Waals surface area contributed by atoms with E-state index in [-0.39, 0.29) is 17.7 Å². The fourth-order valence-corrected chi connectivity index (χ4v) is 2.99. The number of ether oxygens (including phenoxy) is 2. The van der Waals surface area contributed by atoms with Gasteiger partial charge in [-0.15, -0.1) is 0 Å². The smallest absolute Gasteiger partial charge is 0.256 e. The van der Waals surface area contributed by atoms with Gasteiger partial charge in [0.05, 0.1) is 18.8 Å². The van der Waals surface area contributed by atoms with Gasteiger partial charge in [-0.05, 0) is 12.8 Å². The highest BCUT2D eigenvalue weighted by molar-refractivity contribution is 5.93.